The lowest BCUT2D eigenvalue weighted by Gasteiger charge is -2.00. The van der Waals surface area contributed by atoms with Crippen LogP contribution in [-0.2, 0) is 9.53 Å². The second-order valence-electron chi connectivity index (χ2n) is 3.08. The topological polar surface area (TPSA) is 38.3 Å². The first-order valence-corrected chi connectivity index (χ1v) is 5.21. The molecule has 0 saturated heterocycles. The van der Waals surface area contributed by atoms with E-state index in [1.54, 1.807) is 0 Å². The van der Waals surface area contributed by atoms with E-state index in [0.29, 0.717) is 13.2 Å². The zero-order valence-electron chi connectivity index (χ0n) is 9.32. The molecule has 3 nitrogen and oxygen atoms in total. The van der Waals surface area contributed by atoms with Crippen molar-refractivity contribution in [1.29, 1.82) is 0 Å². The minimum Gasteiger partial charge on any atom is -0.372 e. The van der Waals surface area contributed by atoms with Gasteiger partial charge in [0.05, 0.1) is 6.54 Å². The van der Waals surface area contributed by atoms with E-state index in [1.807, 2.05) is 37.3 Å². The molecule has 0 aromatic heterocycles. The van der Waals surface area contributed by atoms with E-state index in [4.69, 9.17) is 4.74 Å². The Morgan fingerprint density at radius 1 is 1.38 bits per heavy atom. The number of ether oxygens (including phenoxy) is 1. The van der Waals surface area contributed by atoms with E-state index in [9.17, 15) is 4.79 Å². The fourth-order valence-corrected chi connectivity index (χ4v) is 1.06. The number of benzene rings is 1. The number of hydrogen-bond acceptors (Lipinski definition) is 2. The lowest BCUT2D eigenvalue weighted by atomic mass is 10.2. The molecule has 3 heteroatoms. The van der Waals surface area contributed by atoms with Gasteiger partial charge in [-0.05, 0) is 19.1 Å². The SMILES string of the molecule is CCOCC(=O)NCC#Cc1ccccc1. The summed E-state index contributed by atoms with van der Waals surface area (Å²) in [5.74, 6) is 5.69. The van der Waals surface area contributed by atoms with Crippen LogP contribution in [0.3, 0.4) is 0 Å². The number of rotatable bonds is 4. The lowest BCUT2D eigenvalue weighted by Crippen LogP contribution is -2.27. The van der Waals surface area contributed by atoms with Crippen molar-refractivity contribution >= 4 is 5.91 Å². The van der Waals surface area contributed by atoms with Crippen LogP contribution in [0.15, 0.2) is 30.3 Å². The van der Waals surface area contributed by atoms with Gasteiger partial charge in [0, 0.05) is 12.2 Å². The molecule has 1 aromatic rings. The summed E-state index contributed by atoms with van der Waals surface area (Å²) in [4.78, 5) is 11.1. The van der Waals surface area contributed by atoms with Gasteiger partial charge in [-0.2, -0.15) is 0 Å². The van der Waals surface area contributed by atoms with Crippen LogP contribution in [0.2, 0.25) is 0 Å². The summed E-state index contributed by atoms with van der Waals surface area (Å²) in [6.07, 6.45) is 0. The molecule has 0 aliphatic carbocycles. The quantitative estimate of drug-likeness (QED) is 0.769. The molecule has 0 unspecified atom stereocenters. The third kappa shape index (κ3) is 5.18. The minimum absolute atomic E-state index is 0.101. The van der Waals surface area contributed by atoms with Gasteiger partial charge >= 0.3 is 0 Å². The number of carbonyl (C=O) groups is 1. The van der Waals surface area contributed by atoms with Crippen molar-refractivity contribution in [1.82, 2.24) is 5.32 Å². The third-order valence-corrected chi connectivity index (χ3v) is 1.82. The van der Waals surface area contributed by atoms with Crippen molar-refractivity contribution in [2.75, 3.05) is 19.8 Å². The summed E-state index contributed by atoms with van der Waals surface area (Å²) in [5.41, 5.74) is 0.946. The zero-order valence-corrected chi connectivity index (χ0v) is 9.32. The van der Waals surface area contributed by atoms with Crippen LogP contribution >= 0.6 is 0 Å². The van der Waals surface area contributed by atoms with E-state index < -0.39 is 0 Å². The molecule has 1 rings (SSSR count). The smallest absolute Gasteiger partial charge is 0.246 e. The van der Waals surface area contributed by atoms with Crippen molar-refractivity contribution in [3.63, 3.8) is 0 Å². The van der Waals surface area contributed by atoms with Gasteiger partial charge in [0.15, 0.2) is 0 Å². The molecule has 0 spiro atoms. The van der Waals surface area contributed by atoms with Gasteiger partial charge < -0.3 is 10.1 Å². The fraction of sp³-hybridized carbons (Fsp3) is 0.308. The van der Waals surface area contributed by atoms with Gasteiger partial charge in [-0.3, -0.25) is 4.79 Å². The van der Waals surface area contributed by atoms with E-state index >= 15 is 0 Å². The first-order chi connectivity index (χ1) is 7.83. The van der Waals surface area contributed by atoms with Gasteiger partial charge in [0.1, 0.15) is 6.61 Å². The normalized spacial score (nSPS) is 9.06. The monoisotopic (exact) mass is 217 g/mol. The summed E-state index contributed by atoms with van der Waals surface area (Å²) in [7, 11) is 0. The van der Waals surface area contributed by atoms with E-state index in [1.165, 1.54) is 0 Å². The van der Waals surface area contributed by atoms with E-state index in [2.05, 4.69) is 17.2 Å². The second kappa shape index (κ2) is 7.49. The van der Waals surface area contributed by atoms with Gasteiger partial charge in [-0.15, -0.1) is 0 Å². The Morgan fingerprint density at radius 2 is 2.12 bits per heavy atom. The number of hydrogen-bond donors (Lipinski definition) is 1. The molecule has 1 aromatic carbocycles. The number of nitrogens with one attached hydrogen (secondary N) is 1. The molecule has 1 amide bonds. The molecular weight excluding hydrogens is 202 g/mol. The van der Waals surface area contributed by atoms with Gasteiger partial charge in [-0.25, -0.2) is 0 Å². The van der Waals surface area contributed by atoms with Crippen LogP contribution in [0.1, 0.15) is 12.5 Å². The average molecular weight is 217 g/mol. The molecule has 1 N–H and O–H groups in total. The maximum absolute atomic E-state index is 11.1. The molecular formula is C13H15NO2. The maximum Gasteiger partial charge on any atom is 0.246 e. The predicted octanol–water partition coefficient (Wildman–Crippen LogP) is 1.19. The Bertz CT molecular complexity index is 376. The van der Waals surface area contributed by atoms with Crippen molar-refractivity contribution in [3.05, 3.63) is 35.9 Å². The molecule has 0 heterocycles. The minimum atomic E-state index is -0.135. The summed E-state index contributed by atoms with van der Waals surface area (Å²) in [6, 6.07) is 9.65. The van der Waals surface area contributed by atoms with Crippen molar-refractivity contribution < 1.29 is 9.53 Å². The maximum atomic E-state index is 11.1. The number of carbonyl (C=O) groups excluding carboxylic acids is 1. The predicted molar refractivity (Wildman–Crippen MR) is 62.8 cm³/mol. The summed E-state index contributed by atoms with van der Waals surface area (Å²) >= 11 is 0. The Labute approximate surface area is 95.8 Å². The van der Waals surface area contributed by atoms with Gasteiger partial charge in [0.2, 0.25) is 5.91 Å². The standard InChI is InChI=1S/C13H15NO2/c1-2-16-11-13(15)14-10-6-9-12-7-4-3-5-8-12/h3-5,7-8H,2,10-11H2,1H3,(H,14,15). The highest BCUT2D eigenvalue weighted by Crippen LogP contribution is 1.93. The summed E-state index contributed by atoms with van der Waals surface area (Å²) < 4.78 is 4.95. The van der Waals surface area contributed by atoms with E-state index in [-0.39, 0.29) is 12.5 Å². The molecule has 16 heavy (non-hydrogen) atoms. The number of amides is 1. The molecule has 0 saturated carbocycles. The van der Waals surface area contributed by atoms with Gasteiger partial charge in [-0.1, -0.05) is 30.0 Å². The summed E-state index contributed by atoms with van der Waals surface area (Å²) in [6.45, 7) is 2.84. The Morgan fingerprint density at radius 3 is 2.81 bits per heavy atom. The Hall–Kier alpha value is -1.79. The van der Waals surface area contributed by atoms with Crippen LogP contribution in [0.4, 0.5) is 0 Å². The largest absolute Gasteiger partial charge is 0.372 e. The summed E-state index contributed by atoms with van der Waals surface area (Å²) in [5, 5.41) is 2.65. The van der Waals surface area contributed by atoms with Crippen LogP contribution in [0, 0.1) is 11.8 Å². The Kier molecular flexibility index (Phi) is 5.75. The first-order valence-electron chi connectivity index (χ1n) is 5.21. The molecule has 0 aliphatic rings. The van der Waals surface area contributed by atoms with Crippen molar-refractivity contribution in [2.24, 2.45) is 0 Å². The Balaban J connectivity index is 2.25. The average Bonchev–Trinajstić information content (AvgIpc) is 2.33. The van der Waals surface area contributed by atoms with Crippen LogP contribution in [0.25, 0.3) is 0 Å². The van der Waals surface area contributed by atoms with Crippen LogP contribution in [-0.4, -0.2) is 25.7 Å². The highest BCUT2D eigenvalue weighted by atomic mass is 16.5. The van der Waals surface area contributed by atoms with Crippen LogP contribution in [0.5, 0.6) is 0 Å². The fourth-order valence-electron chi connectivity index (χ4n) is 1.06. The van der Waals surface area contributed by atoms with Crippen molar-refractivity contribution in [3.8, 4) is 11.8 Å². The van der Waals surface area contributed by atoms with E-state index in [0.717, 1.165) is 5.56 Å². The first kappa shape index (κ1) is 12.3. The van der Waals surface area contributed by atoms with Gasteiger partial charge in [0.25, 0.3) is 0 Å². The highest BCUT2D eigenvalue weighted by Gasteiger charge is 1.96. The molecule has 0 radical (unpaired) electrons. The van der Waals surface area contributed by atoms with Crippen molar-refractivity contribution in [2.45, 2.75) is 6.92 Å². The third-order valence-electron chi connectivity index (χ3n) is 1.82. The lowest BCUT2D eigenvalue weighted by molar-refractivity contribution is -0.125. The molecule has 0 bridgehead atoms. The molecule has 0 atom stereocenters. The molecule has 0 aliphatic heterocycles. The highest BCUT2D eigenvalue weighted by molar-refractivity contribution is 5.77. The van der Waals surface area contributed by atoms with Crippen LogP contribution < -0.4 is 5.32 Å². The zero-order chi connectivity index (χ0) is 11.6. The second-order valence-corrected chi connectivity index (χ2v) is 3.08. The molecule has 0 fully saturated rings. The molecule has 84 valence electrons.